The fourth-order valence-corrected chi connectivity index (χ4v) is 2.91. The van der Waals surface area contributed by atoms with Crippen LogP contribution in [0.3, 0.4) is 0 Å². The summed E-state index contributed by atoms with van der Waals surface area (Å²) < 4.78 is 27.9. The van der Waals surface area contributed by atoms with Crippen molar-refractivity contribution in [1.29, 1.82) is 0 Å². The molecule has 0 radical (unpaired) electrons. The van der Waals surface area contributed by atoms with Crippen LogP contribution in [0.1, 0.15) is 25.7 Å². The van der Waals surface area contributed by atoms with Crippen molar-refractivity contribution in [2.45, 2.75) is 25.7 Å². The lowest BCUT2D eigenvalue weighted by Crippen LogP contribution is -2.29. The van der Waals surface area contributed by atoms with Crippen LogP contribution in [0.4, 0.5) is 0 Å². The minimum Gasteiger partial charge on any atom is -0.379 e. The molecule has 0 bridgehead atoms. The van der Waals surface area contributed by atoms with Gasteiger partial charge in [0.1, 0.15) is 0 Å². The van der Waals surface area contributed by atoms with Gasteiger partial charge in [-0.05, 0) is 51.9 Å². The third kappa shape index (κ3) is 24.1. The first-order valence-corrected chi connectivity index (χ1v) is 12.2. The highest BCUT2D eigenvalue weighted by Crippen LogP contribution is 1.87. The molecule has 186 valence electrons. The Morgan fingerprint density at radius 1 is 0.258 bits per heavy atom. The summed E-state index contributed by atoms with van der Waals surface area (Å²) in [5.41, 5.74) is 0. The summed E-state index contributed by atoms with van der Waals surface area (Å²) in [6, 6.07) is 0. The fourth-order valence-electron chi connectivity index (χ4n) is 2.91. The predicted molar refractivity (Wildman–Crippen MR) is 124 cm³/mol. The van der Waals surface area contributed by atoms with Gasteiger partial charge in [0.15, 0.2) is 0 Å². The molecule has 1 fully saturated rings. The molecule has 1 saturated heterocycles. The normalized spacial score (nSPS) is 24.0. The average molecular weight is 449 g/mol. The Labute approximate surface area is 189 Å². The molecule has 0 aromatic rings. The predicted octanol–water partition coefficient (Wildman–Crippen LogP) is 0.00180. The average Bonchev–Trinajstić information content (AvgIpc) is 2.78. The molecule has 0 saturated carbocycles. The van der Waals surface area contributed by atoms with Gasteiger partial charge in [-0.2, -0.15) is 0 Å². The van der Waals surface area contributed by atoms with E-state index in [0.29, 0.717) is 39.6 Å². The molecule has 4 N–H and O–H groups in total. The van der Waals surface area contributed by atoms with Gasteiger partial charge in [-0.25, -0.2) is 0 Å². The summed E-state index contributed by atoms with van der Waals surface area (Å²) in [4.78, 5) is 0. The first kappa shape index (κ1) is 28.7. The van der Waals surface area contributed by atoms with Crippen LogP contribution < -0.4 is 21.3 Å². The van der Waals surface area contributed by atoms with Crippen molar-refractivity contribution in [3.8, 4) is 0 Å². The van der Waals surface area contributed by atoms with E-state index in [9.17, 15) is 0 Å². The molecule has 0 aromatic carbocycles. The second kappa shape index (κ2) is 25.9. The molecule has 1 rings (SSSR count). The van der Waals surface area contributed by atoms with Crippen molar-refractivity contribution in [3.05, 3.63) is 0 Å². The second-order valence-corrected chi connectivity index (χ2v) is 7.48. The Bertz CT molecular complexity index is 189. The molecular weight excluding hydrogens is 400 g/mol. The number of hydrogen-bond acceptors (Lipinski definition) is 9. The second-order valence-electron chi connectivity index (χ2n) is 7.48. The van der Waals surface area contributed by atoms with Crippen molar-refractivity contribution < 1.29 is 23.7 Å². The van der Waals surface area contributed by atoms with Gasteiger partial charge < -0.3 is 45.0 Å². The monoisotopic (exact) mass is 448 g/mol. The summed E-state index contributed by atoms with van der Waals surface area (Å²) in [6.45, 7) is 14.8. The largest absolute Gasteiger partial charge is 0.379 e. The lowest BCUT2D eigenvalue weighted by atomic mass is 10.4. The number of hydrogen-bond donors (Lipinski definition) is 4. The van der Waals surface area contributed by atoms with Gasteiger partial charge in [0.05, 0.1) is 39.6 Å². The molecule has 0 aromatic heterocycles. The van der Waals surface area contributed by atoms with E-state index in [1.54, 1.807) is 0 Å². The SMILES string of the molecule is C1CNCCNCCCOCCOCCOCCCNCCNCCCOCCOC1. The molecule has 31 heavy (non-hydrogen) atoms. The van der Waals surface area contributed by atoms with Crippen molar-refractivity contribution in [2.24, 2.45) is 0 Å². The van der Waals surface area contributed by atoms with Crippen LogP contribution in [0.2, 0.25) is 0 Å². The van der Waals surface area contributed by atoms with Crippen molar-refractivity contribution in [3.63, 3.8) is 0 Å². The number of nitrogens with one attached hydrogen (secondary N) is 4. The van der Waals surface area contributed by atoms with E-state index in [1.807, 2.05) is 0 Å². The van der Waals surface area contributed by atoms with E-state index >= 15 is 0 Å². The van der Waals surface area contributed by atoms with Crippen molar-refractivity contribution in [1.82, 2.24) is 21.3 Å². The van der Waals surface area contributed by atoms with E-state index in [1.165, 1.54) is 0 Å². The topological polar surface area (TPSA) is 94.3 Å². The van der Waals surface area contributed by atoms with E-state index in [2.05, 4.69) is 21.3 Å². The van der Waals surface area contributed by atoms with Crippen LogP contribution in [0.15, 0.2) is 0 Å². The molecule has 0 amide bonds. The van der Waals surface area contributed by atoms with Gasteiger partial charge in [-0.1, -0.05) is 0 Å². The van der Waals surface area contributed by atoms with Crippen molar-refractivity contribution >= 4 is 0 Å². The molecule has 0 unspecified atom stereocenters. The maximum absolute atomic E-state index is 5.60. The highest BCUT2D eigenvalue weighted by Gasteiger charge is 1.95. The van der Waals surface area contributed by atoms with E-state index in [0.717, 1.165) is 104 Å². The maximum atomic E-state index is 5.60. The van der Waals surface area contributed by atoms with Gasteiger partial charge in [0.25, 0.3) is 0 Å². The maximum Gasteiger partial charge on any atom is 0.0701 e. The minimum atomic E-state index is 0.630. The summed E-state index contributed by atoms with van der Waals surface area (Å²) in [7, 11) is 0. The summed E-state index contributed by atoms with van der Waals surface area (Å²) >= 11 is 0. The van der Waals surface area contributed by atoms with Gasteiger partial charge in [0, 0.05) is 52.6 Å². The van der Waals surface area contributed by atoms with Crippen LogP contribution in [0.25, 0.3) is 0 Å². The molecular formula is C22H48N4O5. The first-order chi connectivity index (χ1) is 15.5. The van der Waals surface area contributed by atoms with E-state index in [4.69, 9.17) is 23.7 Å². The third-order valence-electron chi connectivity index (χ3n) is 4.64. The van der Waals surface area contributed by atoms with Crippen LogP contribution in [-0.2, 0) is 23.7 Å². The van der Waals surface area contributed by atoms with Crippen LogP contribution >= 0.6 is 0 Å². The minimum absolute atomic E-state index is 0.630. The zero-order valence-corrected chi connectivity index (χ0v) is 19.6. The summed E-state index contributed by atoms with van der Waals surface area (Å²) in [5, 5.41) is 13.7. The highest BCUT2D eigenvalue weighted by molar-refractivity contribution is 4.54. The summed E-state index contributed by atoms with van der Waals surface area (Å²) in [6.07, 6.45) is 4.09. The van der Waals surface area contributed by atoms with Crippen LogP contribution in [0.5, 0.6) is 0 Å². The molecule has 1 heterocycles. The summed E-state index contributed by atoms with van der Waals surface area (Å²) in [5.74, 6) is 0. The quantitative estimate of drug-likeness (QED) is 0.409. The Morgan fingerprint density at radius 3 is 0.742 bits per heavy atom. The molecule has 1 aliphatic heterocycles. The zero-order chi connectivity index (χ0) is 21.9. The Balaban J connectivity index is 2.00. The third-order valence-corrected chi connectivity index (χ3v) is 4.64. The standard InChI is InChI=1S/C22H48N4O5/c1-5-23-9-11-25-7-3-15-29-19-21-31-22-20-30-16-4-8-26-12-10-24-6-2-14-28-18-17-27-13-1/h23-26H,1-22H2. The molecule has 0 atom stereocenters. The van der Waals surface area contributed by atoms with Crippen LogP contribution in [-0.4, -0.2) is 118 Å². The zero-order valence-electron chi connectivity index (χ0n) is 19.6. The van der Waals surface area contributed by atoms with E-state index < -0.39 is 0 Å². The van der Waals surface area contributed by atoms with Gasteiger partial charge in [-0.3, -0.25) is 0 Å². The molecule has 9 nitrogen and oxygen atoms in total. The lowest BCUT2D eigenvalue weighted by Gasteiger charge is -2.08. The Hall–Kier alpha value is -0.360. The van der Waals surface area contributed by atoms with Gasteiger partial charge in [0.2, 0.25) is 0 Å². The highest BCUT2D eigenvalue weighted by atomic mass is 16.5. The molecule has 9 heteroatoms. The molecule has 0 aliphatic carbocycles. The molecule has 0 spiro atoms. The van der Waals surface area contributed by atoms with Crippen LogP contribution in [0, 0.1) is 0 Å². The lowest BCUT2D eigenvalue weighted by molar-refractivity contribution is 0.0139. The Kier molecular flexibility index (Phi) is 24.0. The fraction of sp³-hybridized carbons (Fsp3) is 1.00. The smallest absolute Gasteiger partial charge is 0.0701 e. The Morgan fingerprint density at radius 2 is 0.484 bits per heavy atom. The first-order valence-electron chi connectivity index (χ1n) is 12.2. The number of ether oxygens (including phenoxy) is 5. The van der Waals surface area contributed by atoms with Crippen molar-refractivity contribution in [2.75, 3.05) is 118 Å². The van der Waals surface area contributed by atoms with Gasteiger partial charge >= 0.3 is 0 Å². The number of rotatable bonds is 0. The molecule has 1 aliphatic rings. The van der Waals surface area contributed by atoms with E-state index in [-0.39, 0.29) is 0 Å². The van der Waals surface area contributed by atoms with Gasteiger partial charge in [-0.15, -0.1) is 0 Å².